The number of aliphatic hydroxyl groups excluding tert-OH is 1. The molecular formula is C8H15NO. The molecule has 2 atom stereocenters. The van der Waals surface area contributed by atoms with E-state index < -0.39 is 0 Å². The maximum atomic E-state index is 8.90. The zero-order valence-corrected chi connectivity index (χ0v) is 6.16. The second-order valence-electron chi connectivity index (χ2n) is 2.88. The lowest BCUT2D eigenvalue weighted by molar-refractivity contribution is 0.174. The van der Waals surface area contributed by atoms with E-state index >= 15 is 0 Å². The van der Waals surface area contributed by atoms with Crippen molar-refractivity contribution in [2.45, 2.75) is 12.8 Å². The normalized spacial score (nSPS) is 32.6. The molecule has 10 heavy (non-hydrogen) atoms. The van der Waals surface area contributed by atoms with Crippen molar-refractivity contribution in [3.63, 3.8) is 0 Å². The Labute approximate surface area is 61.7 Å². The van der Waals surface area contributed by atoms with E-state index in [-0.39, 0.29) is 6.61 Å². The van der Waals surface area contributed by atoms with Crippen LogP contribution >= 0.6 is 0 Å². The molecule has 0 amide bonds. The van der Waals surface area contributed by atoms with Crippen LogP contribution in [0.3, 0.4) is 0 Å². The SMILES string of the molecule is NC[C@@H]1CC=CC[C@H]1CO. The maximum Gasteiger partial charge on any atom is 0.0465 e. The molecule has 58 valence electrons. The quantitative estimate of drug-likeness (QED) is 0.551. The van der Waals surface area contributed by atoms with Crippen LogP contribution in [0.5, 0.6) is 0 Å². The average molecular weight is 141 g/mol. The third kappa shape index (κ3) is 1.58. The van der Waals surface area contributed by atoms with Crippen molar-refractivity contribution in [1.82, 2.24) is 0 Å². The first-order valence-electron chi connectivity index (χ1n) is 3.84. The van der Waals surface area contributed by atoms with Crippen molar-refractivity contribution < 1.29 is 5.11 Å². The molecule has 0 aliphatic heterocycles. The lowest BCUT2D eigenvalue weighted by atomic mass is 9.84. The molecule has 0 bridgehead atoms. The number of hydrogen-bond acceptors (Lipinski definition) is 2. The molecule has 0 saturated carbocycles. The van der Waals surface area contributed by atoms with Crippen LogP contribution in [-0.2, 0) is 0 Å². The molecule has 0 aromatic heterocycles. The van der Waals surface area contributed by atoms with Gasteiger partial charge in [0.05, 0.1) is 0 Å². The maximum absolute atomic E-state index is 8.90. The molecule has 0 saturated heterocycles. The van der Waals surface area contributed by atoms with Gasteiger partial charge in [-0.25, -0.2) is 0 Å². The molecule has 2 heteroatoms. The van der Waals surface area contributed by atoms with E-state index in [0.717, 1.165) is 12.8 Å². The van der Waals surface area contributed by atoms with Gasteiger partial charge >= 0.3 is 0 Å². The van der Waals surface area contributed by atoms with E-state index in [9.17, 15) is 0 Å². The van der Waals surface area contributed by atoms with E-state index in [1.165, 1.54) is 0 Å². The molecule has 3 N–H and O–H groups in total. The Balaban J connectivity index is 2.45. The Morgan fingerprint density at radius 1 is 1.30 bits per heavy atom. The van der Waals surface area contributed by atoms with E-state index in [4.69, 9.17) is 10.8 Å². The lowest BCUT2D eigenvalue weighted by Crippen LogP contribution is -2.27. The van der Waals surface area contributed by atoms with Crippen molar-refractivity contribution in [1.29, 1.82) is 0 Å². The Morgan fingerprint density at radius 3 is 2.30 bits per heavy atom. The fraction of sp³-hybridized carbons (Fsp3) is 0.750. The predicted octanol–water partition coefficient (Wildman–Crippen LogP) is 0.520. The molecule has 2 nitrogen and oxygen atoms in total. The molecular weight excluding hydrogens is 126 g/mol. The molecule has 1 aliphatic carbocycles. The van der Waals surface area contributed by atoms with Crippen molar-refractivity contribution in [2.24, 2.45) is 17.6 Å². The van der Waals surface area contributed by atoms with E-state index in [0.29, 0.717) is 18.4 Å². The summed E-state index contributed by atoms with van der Waals surface area (Å²) in [6.07, 6.45) is 6.33. The monoisotopic (exact) mass is 141 g/mol. The second kappa shape index (κ2) is 3.74. The highest BCUT2D eigenvalue weighted by atomic mass is 16.3. The van der Waals surface area contributed by atoms with Crippen LogP contribution < -0.4 is 5.73 Å². The van der Waals surface area contributed by atoms with Crippen molar-refractivity contribution in [2.75, 3.05) is 13.2 Å². The highest BCUT2D eigenvalue weighted by molar-refractivity contribution is 4.94. The summed E-state index contributed by atoms with van der Waals surface area (Å²) in [4.78, 5) is 0. The average Bonchev–Trinajstić information content (AvgIpc) is 2.04. The van der Waals surface area contributed by atoms with Crippen LogP contribution in [0.2, 0.25) is 0 Å². The molecule has 0 radical (unpaired) electrons. The molecule has 0 spiro atoms. The summed E-state index contributed by atoms with van der Waals surface area (Å²) in [6.45, 7) is 0.988. The summed E-state index contributed by atoms with van der Waals surface area (Å²) in [5.41, 5.74) is 5.52. The number of rotatable bonds is 2. The molecule has 0 unspecified atom stereocenters. The lowest BCUT2D eigenvalue weighted by Gasteiger charge is -2.25. The van der Waals surface area contributed by atoms with Crippen molar-refractivity contribution >= 4 is 0 Å². The molecule has 1 rings (SSSR count). The summed E-state index contributed by atoms with van der Waals surface area (Å²) >= 11 is 0. The first kappa shape index (κ1) is 7.76. The van der Waals surface area contributed by atoms with Gasteiger partial charge in [-0.2, -0.15) is 0 Å². The van der Waals surface area contributed by atoms with Gasteiger partial charge in [-0.15, -0.1) is 0 Å². The summed E-state index contributed by atoms with van der Waals surface area (Å²) in [5, 5.41) is 8.90. The molecule has 0 fully saturated rings. The standard InChI is InChI=1S/C8H15NO/c9-5-7-3-1-2-4-8(7)6-10/h1-2,7-8,10H,3-6,9H2/t7-,8-/m0/s1. The van der Waals surface area contributed by atoms with Crippen LogP contribution in [-0.4, -0.2) is 18.3 Å². The second-order valence-corrected chi connectivity index (χ2v) is 2.88. The van der Waals surface area contributed by atoms with Gasteiger partial charge in [0.15, 0.2) is 0 Å². The molecule has 0 aromatic rings. The van der Waals surface area contributed by atoms with Gasteiger partial charge in [0.25, 0.3) is 0 Å². The number of hydrogen-bond donors (Lipinski definition) is 2. The van der Waals surface area contributed by atoms with Gasteiger partial charge in [-0.05, 0) is 31.2 Å². The van der Waals surface area contributed by atoms with Crippen LogP contribution in [0, 0.1) is 11.8 Å². The highest BCUT2D eigenvalue weighted by Crippen LogP contribution is 2.23. The molecule has 0 heterocycles. The highest BCUT2D eigenvalue weighted by Gasteiger charge is 2.19. The van der Waals surface area contributed by atoms with Crippen molar-refractivity contribution in [3.05, 3.63) is 12.2 Å². The Hall–Kier alpha value is -0.340. The van der Waals surface area contributed by atoms with Crippen LogP contribution in [0.1, 0.15) is 12.8 Å². The van der Waals surface area contributed by atoms with E-state index in [2.05, 4.69) is 12.2 Å². The smallest absolute Gasteiger partial charge is 0.0465 e. The fourth-order valence-electron chi connectivity index (χ4n) is 1.44. The number of aliphatic hydroxyl groups is 1. The van der Waals surface area contributed by atoms with E-state index in [1.807, 2.05) is 0 Å². The predicted molar refractivity (Wildman–Crippen MR) is 41.5 cm³/mol. The zero-order valence-electron chi connectivity index (χ0n) is 6.16. The summed E-state index contributed by atoms with van der Waals surface area (Å²) in [7, 11) is 0. The van der Waals surface area contributed by atoms with Gasteiger partial charge in [0.2, 0.25) is 0 Å². The molecule has 0 aromatic carbocycles. The van der Waals surface area contributed by atoms with Gasteiger partial charge in [-0.1, -0.05) is 12.2 Å². The molecule has 1 aliphatic rings. The third-order valence-electron chi connectivity index (χ3n) is 2.25. The summed E-state index contributed by atoms with van der Waals surface area (Å²) < 4.78 is 0. The minimum atomic E-state index is 0.284. The number of nitrogens with two attached hydrogens (primary N) is 1. The Kier molecular flexibility index (Phi) is 2.90. The fourth-order valence-corrected chi connectivity index (χ4v) is 1.44. The van der Waals surface area contributed by atoms with Gasteiger partial charge in [0, 0.05) is 6.61 Å². The Morgan fingerprint density at radius 2 is 1.90 bits per heavy atom. The van der Waals surface area contributed by atoms with Gasteiger partial charge in [0.1, 0.15) is 0 Å². The van der Waals surface area contributed by atoms with Gasteiger partial charge < -0.3 is 10.8 Å². The van der Waals surface area contributed by atoms with Gasteiger partial charge in [-0.3, -0.25) is 0 Å². The first-order chi connectivity index (χ1) is 4.88. The van der Waals surface area contributed by atoms with Crippen LogP contribution in [0.15, 0.2) is 12.2 Å². The topological polar surface area (TPSA) is 46.2 Å². The van der Waals surface area contributed by atoms with Crippen molar-refractivity contribution in [3.8, 4) is 0 Å². The third-order valence-corrected chi connectivity index (χ3v) is 2.25. The summed E-state index contributed by atoms with van der Waals surface area (Å²) in [6, 6.07) is 0. The largest absolute Gasteiger partial charge is 0.396 e. The van der Waals surface area contributed by atoms with E-state index in [1.54, 1.807) is 0 Å². The summed E-state index contributed by atoms with van der Waals surface area (Å²) in [5.74, 6) is 0.921. The minimum absolute atomic E-state index is 0.284. The first-order valence-corrected chi connectivity index (χ1v) is 3.84. The van der Waals surface area contributed by atoms with Crippen LogP contribution in [0.4, 0.5) is 0 Å². The minimum Gasteiger partial charge on any atom is -0.396 e. The zero-order chi connectivity index (χ0) is 7.40. The number of allylic oxidation sites excluding steroid dienone is 2. The Bertz CT molecular complexity index is 108. The van der Waals surface area contributed by atoms with Crippen LogP contribution in [0.25, 0.3) is 0 Å².